The fraction of sp³-hybridized carbons (Fsp3) is 0.500. The Morgan fingerprint density at radius 1 is 1.35 bits per heavy atom. The van der Waals surface area contributed by atoms with Gasteiger partial charge in [0.1, 0.15) is 0 Å². The van der Waals surface area contributed by atoms with Crippen LogP contribution in [0, 0.1) is 0 Å². The molecule has 7 heteroatoms. The molecule has 3 N–H and O–H groups in total. The van der Waals surface area contributed by atoms with Crippen molar-refractivity contribution in [1.29, 1.82) is 0 Å². The highest BCUT2D eigenvalue weighted by atomic mass is 32.1. The number of nitrogens with one attached hydrogen (secondary N) is 2. The van der Waals surface area contributed by atoms with Crippen LogP contribution in [0.5, 0.6) is 0 Å². The third kappa shape index (κ3) is 6.52. The van der Waals surface area contributed by atoms with E-state index in [0.717, 1.165) is 4.88 Å². The van der Waals surface area contributed by atoms with Gasteiger partial charge in [0.15, 0.2) is 0 Å². The molecule has 1 heterocycles. The number of carboxylic acid groups (broad SMARTS) is 1. The summed E-state index contributed by atoms with van der Waals surface area (Å²) < 4.78 is 0. The lowest BCUT2D eigenvalue weighted by molar-refractivity contribution is -0.137. The molecular weight excluding hydrogens is 242 g/mol. The molecule has 0 aliphatic rings. The molecule has 0 aromatic carbocycles. The number of amides is 2. The number of aromatic nitrogens is 1. The van der Waals surface area contributed by atoms with E-state index in [2.05, 4.69) is 15.6 Å². The van der Waals surface area contributed by atoms with Gasteiger partial charge in [-0.1, -0.05) is 0 Å². The molecule has 0 bridgehead atoms. The third-order valence-electron chi connectivity index (χ3n) is 2.01. The van der Waals surface area contributed by atoms with Gasteiger partial charge in [-0.3, -0.25) is 9.78 Å². The summed E-state index contributed by atoms with van der Waals surface area (Å²) in [5, 5.41) is 13.8. The van der Waals surface area contributed by atoms with Crippen molar-refractivity contribution in [1.82, 2.24) is 15.6 Å². The van der Waals surface area contributed by atoms with E-state index in [1.165, 1.54) is 11.3 Å². The summed E-state index contributed by atoms with van der Waals surface area (Å²) in [6.07, 6.45) is 3.09. The highest BCUT2D eigenvalue weighted by Gasteiger charge is 2.01. The highest BCUT2D eigenvalue weighted by Crippen LogP contribution is 2.03. The Labute approximate surface area is 103 Å². The van der Waals surface area contributed by atoms with Gasteiger partial charge in [0.05, 0.1) is 12.1 Å². The first-order chi connectivity index (χ1) is 8.18. The maximum atomic E-state index is 11.3. The van der Waals surface area contributed by atoms with E-state index in [1.807, 2.05) is 0 Å². The number of hydrogen-bond acceptors (Lipinski definition) is 4. The summed E-state index contributed by atoms with van der Waals surface area (Å²) in [5.74, 6) is -0.806. The average molecular weight is 257 g/mol. The van der Waals surface area contributed by atoms with Crippen LogP contribution in [0.25, 0.3) is 0 Å². The van der Waals surface area contributed by atoms with Gasteiger partial charge in [0, 0.05) is 24.0 Å². The minimum absolute atomic E-state index is 0.143. The van der Waals surface area contributed by atoms with Gasteiger partial charge in [-0.05, 0) is 12.8 Å². The SMILES string of the molecule is O=C(O)CCCCNC(=O)NCc1cncs1. The Morgan fingerprint density at radius 2 is 2.18 bits per heavy atom. The standard InChI is InChI=1S/C10H15N3O3S/c14-9(15)3-1-2-4-12-10(16)13-6-8-5-11-7-17-8/h5,7H,1-4,6H2,(H,14,15)(H2,12,13,16). The van der Waals surface area contributed by atoms with E-state index in [0.29, 0.717) is 25.9 Å². The molecule has 0 unspecified atom stereocenters. The second-order valence-electron chi connectivity index (χ2n) is 3.43. The van der Waals surface area contributed by atoms with Gasteiger partial charge in [-0.2, -0.15) is 0 Å². The van der Waals surface area contributed by atoms with Crippen LogP contribution >= 0.6 is 11.3 Å². The van der Waals surface area contributed by atoms with Crippen LogP contribution in [0.4, 0.5) is 4.79 Å². The molecule has 0 radical (unpaired) electrons. The van der Waals surface area contributed by atoms with E-state index >= 15 is 0 Å². The van der Waals surface area contributed by atoms with E-state index in [4.69, 9.17) is 5.11 Å². The number of urea groups is 1. The quantitative estimate of drug-likeness (QED) is 0.640. The molecular formula is C10H15N3O3S. The van der Waals surface area contributed by atoms with Gasteiger partial charge >= 0.3 is 12.0 Å². The maximum absolute atomic E-state index is 11.3. The first kappa shape index (κ1) is 13.4. The van der Waals surface area contributed by atoms with E-state index in [-0.39, 0.29) is 12.5 Å². The average Bonchev–Trinajstić information content (AvgIpc) is 2.78. The van der Waals surface area contributed by atoms with Gasteiger partial charge < -0.3 is 15.7 Å². The molecule has 94 valence electrons. The lowest BCUT2D eigenvalue weighted by Gasteiger charge is -2.05. The Bertz CT molecular complexity index is 354. The number of unbranched alkanes of at least 4 members (excludes halogenated alkanes) is 1. The smallest absolute Gasteiger partial charge is 0.315 e. The summed E-state index contributed by atoms with van der Waals surface area (Å²) in [5.41, 5.74) is 1.71. The molecule has 0 aliphatic heterocycles. The summed E-state index contributed by atoms with van der Waals surface area (Å²) in [7, 11) is 0. The predicted octanol–water partition coefficient (Wildman–Crippen LogP) is 1.20. The van der Waals surface area contributed by atoms with Crippen molar-refractivity contribution < 1.29 is 14.7 Å². The topological polar surface area (TPSA) is 91.3 Å². The van der Waals surface area contributed by atoms with Crippen LogP contribution in [0.2, 0.25) is 0 Å². The molecule has 1 aromatic heterocycles. The number of carboxylic acids is 1. The summed E-state index contributed by atoms with van der Waals surface area (Å²) in [6, 6.07) is -0.242. The first-order valence-electron chi connectivity index (χ1n) is 5.29. The monoisotopic (exact) mass is 257 g/mol. The van der Waals surface area contributed by atoms with E-state index < -0.39 is 5.97 Å². The Balaban J connectivity index is 2.00. The van der Waals surface area contributed by atoms with E-state index in [1.54, 1.807) is 11.7 Å². The number of aliphatic carboxylic acids is 1. The zero-order chi connectivity index (χ0) is 12.5. The Hall–Kier alpha value is -1.63. The van der Waals surface area contributed by atoms with Gasteiger partial charge in [0.2, 0.25) is 0 Å². The third-order valence-corrected chi connectivity index (χ3v) is 2.79. The van der Waals surface area contributed by atoms with Crippen LogP contribution in [-0.2, 0) is 11.3 Å². The Kier molecular flexibility index (Phi) is 6.02. The zero-order valence-corrected chi connectivity index (χ0v) is 10.1. The van der Waals surface area contributed by atoms with Crippen molar-refractivity contribution in [3.05, 3.63) is 16.6 Å². The molecule has 2 amide bonds. The molecule has 0 saturated carbocycles. The maximum Gasteiger partial charge on any atom is 0.315 e. The van der Waals surface area contributed by atoms with Gasteiger partial charge in [-0.15, -0.1) is 11.3 Å². The van der Waals surface area contributed by atoms with Gasteiger partial charge in [0.25, 0.3) is 0 Å². The number of carbonyl (C=O) groups is 2. The van der Waals surface area contributed by atoms with Crippen molar-refractivity contribution in [2.24, 2.45) is 0 Å². The summed E-state index contributed by atoms with van der Waals surface area (Å²) in [6.45, 7) is 0.952. The van der Waals surface area contributed by atoms with E-state index in [9.17, 15) is 9.59 Å². The number of thiazole rings is 1. The van der Waals surface area contributed by atoms with Crippen molar-refractivity contribution >= 4 is 23.3 Å². The summed E-state index contributed by atoms with van der Waals surface area (Å²) in [4.78, 5) is 26.4. The fourth-order valence-corrected chi connectivity index (χ4v) is 1.70. The van der Waals surface area contributed by atoms with Crippen LogP contribution < -0.4 is 10.6 Å². The molecule has 6 nitrogen and oxygen atoms in total. The lowest BCUT2D eigenvalue weighted by Crippen LogP contribution is -2.35. The Morgan fingerprint density at radius 3 is 2.82 bits per heavy atom. The minimum Gasteiger partial charge on any atom is -0.481 e. The van der Waals surface area contributed by atoms with Gasteiger partial charge in [-0.25, -0.2) is 4.79 Å². The second-order valence-corrected chi connectivity index (χ2v) is 4.40. The minimum atomic E-state index is -0.806. The molecule has 1 aromatic rings. The molecule has 1 rings (SSSR count). The predicted molar refractivity (Wildman–Crippen MR) is 63.8 cm³/mol. The normalized spacial score (nSPS) is 9.88. The second kappa shape index (κ2) is 7.61. The zero-order valence-electron chi connectivity index (χ0n) is 9.31. The van der Waals surface area contributed by atoms with Crippen molar-refractivity contribution in [2.75, 3.05) is 6.54 Å². The molecule has 0 saturated heterocycles. The molecule has 0 aliphatic carbocycles. The van der Waals surface area contributed by atoms with Crippen LogP contribution in [0.1, 0.15) is 24.1 Å². The van der Waals surface area contributed by atoms with Crippen LogP contribution in [0.3, 0.4) is 0 Å². The summed E-state index contributed by atoms with van der Waals surface area (Å²) >= 11 is 1.48. The number of rotatable bonds is 7. The lowest BCUT2D eigenvalue weighted by atomic mass is 10.2. The van der Waals surface area contributed by atoms with Crippen LogP contribution in [-0.4, -0.2) is 28.6 Å². The fourth-order valence-electron chi connectivity index (χ4n) is 1.16. The molecule has 0 fully saturated rings. The van der Waals surface area contributed by atoms with Crippen molar-refractivity contribution in [2.45, 2.75) is 25.8 Å². The number of hydrogen-bond donors (Lipinski definition) is 3. The number of carbonyl (C=O) groups excluding carboxylic acids is 1. The molecule has 17 heavy (non-hydrogen) atoms. The van der Waals surface area contributed by atoms with Crippen molar-refractivity contribution in [3.8, 4) is 0 Å². The molecule has 0 atom stereocenters. The largest absolute Gasteiger partial charge is 0.481 e. The highest BCUT2D eigenvalue weighted by molar-refractivity contribution is 7.09. The molecule has 0 spiro atoms. The first-order valence-corrected chi connectivity index (χ1v) is 6.17. The van der Waals surface area contributed by atoms with Crippen LogP contribution in [0.15, 0.2) is 11.7 Å². The number of nitrogens with zero attached hydrogens (tertiary/aromatic N) is 1. The van der Waals surface area contributed by atoms with Crippen molar-refractivity contribution in [3.63, 3.8) is 0 Å².